The fourth-order valence-corrected chi connectivity index (χ4v) is 3.82. The fourth-order valence-electron chi connectivity index (χ4n) is 3.82. The van der Waals surface area contributed by atoms with Gasteiger partial charge in [0.2, 0.25) is 0 Å². The fraction of sp³-hybridized carbons (Fsp3) is 0.0769. The number of halogens is 3. The highest BCUT2D eigenvalue weighted by Crippen LogP contribution is 2.32. The van der Waals surface area contributed by atoms with E-state index in [1.54, 1.807) is 48.8 Å². The molecule has 5 rings (SSSR count). The molecule has 0 fully saturated rings. The van der Waals surface area contributed by atoms with Crippen molar-refractivity contribution in [2.24, 2.45) is 0 Å². The van der Waals surface area contributed by atoms with E-state index >= 15 is 0 Å². The van der Waals surface area contributed by atoms with E-state index in [4.69, 9.17) is 4.74 Å². The first-order valence-electron chi connectivity index (χ1n) is 10.8. The lowest BCUT2D eigenvalue weighted by Gasteiger charge is -2.12. The summed E-state index contributed by atoms with van der Waals surface area (Å²) in [5.41, 5.74) is 1.48. The second kappa shape index (κ2) is 9.14. The largest absolute Gasteiger partial charge is 0.496 e. The van der Waals surface area contributed by atoms with Crippen LogP contribution in [0.1, 0.15) is 16.1 Å². The number of aromatic nitrogens is 4. The monoisotopic (exact) mass is 489 g/mol. The van der Waals surface area contributed by atoms with Crippen molar-refractivity contribution < 1.29 is 22.7 Å². The lowest BCUT2D eigenvalue weighted by Crippen LogP contribution is -2.13. The van der Waals surface area contributed by atoms with Crippen LogP contribution in [-0.4, -0.2) is 32.8 Å². The number of nitrogens with one attached hydrogen (secondary N) is 1. The third-order valence-electron chi connectivity index (χ3n) is 5.52. The zero-order valence-electron chi connectivity index (χ0n) is 18.8. The molecule has 36 heavy (non-hydrogen) atoms. The number of hydrogen-bond donors (Lipinski definition) is 1. The van der Waals surface area contributed by atoms with Crippen LogP contribution in [0.25, 0.3) is 27.8 Å². The molecule has 0 aliphatic rings. The van der Waals surface area contributed by atoms with E-state index in [9.17, 15) is 18.0 Å². The number of para-hydroxylation sites is 2. The van der Waals surface area contributed by atoms with E-state index in [0.29, 0.717) is 39.3 Å². The van der Waals surface area contributed by atoms with Crippen LogP contribution in [0, 0.1) is 0 Å². The Bertz CT molecular complexity index is 1580. The maximum absolute atomic E-state index is 13.1. The highest BCUT2D eigenvalue weighted by molar-refractivity contribution is 6.08. The summed E-state index contributed by atoms with van der Waals surface area (Å²) in [4.78, 5) is 21.0. The van der Waals surface area contributed by atoms with Crippen molar-refractivity contribution in [1.82, 2.24) is 19.7 Å². The highest BCUT2D eigenvalue weighted by atomic mass is 19.4. The number of carbonyl (C=O) groups is 1. The lowest BCUT2D eigenvalue weighted by atomic mass is 10.1. The van der Waals surface area contributed by atoms with Crippen LogP contribution in [0.3, 0.4) is 0 Å². The van der Waals surface area contributed by atoms with Gasteiger partial charge in [0.05, 0.1) is 24.4 Å². The van der Waals surface area contributed by atoms with Crippen LogP contribution in [-0.2, 0) is 6.18 Å². The smallest absolute Gasteiger partial charge is 0.433 e. The van der Waals surface area contributed by atoms with Gasteiger partial charge < -0.3 is 10.1 Å². The van der Waals surface area contributed by atoms with Gasteiger partial charge in [-0.2, -0.15) is 18.3 Å². The van der Waals surface area contributed by atoms with Crippen LogP contribution < -0.4 is 10.1 Å². The Labute approximate surface area is 203 Å². The molecule has 1 N–H and O–H groups in total. The number of amides is 1. The quantitative estimate of drug-likeness (QED) is 0.339. The topological polar surface area (TPSA) is 81.9 Å². The van der Waals surface area contributed by atoms with Crippen molar-refractivity contribution in [3.63, 3.8) is 0 Å². The van der Waals surface area contributed by atoms with E-state index < -0.39 is 11.9 Å². The Hall–Kier alpha value is -4.73. The van der Waals surface area contributed by atoms with Crippen LogP contribution in [0.15, 0.2) is 85.3 Å². The number of methoxy groups -OCH3 is 1. The Balaban J connectivity index is 1.49. The van der Waals surface area contributed by atoms with Gasteiger partial charge in [0.1, 0.15) is 11.4 Å². The zero-order valence-corrected chi connectivity index (χ0v) is 18.8. The van der Waals surface area contributed by atoms with Gasteiger partial charge in [-0.15, -0.1) is 0 Å². The average Bonchev–Trinajstić information content (AvgIpc) is 3.37. The third-order valence-corrected chi connectivity index (χ3v) is 5.52. The number of rotatable bonds is 5. The molecule has 0 bridgehead atoms. The molecule has 0 atom stereocenters. The first-order valence-corrected chi connectivity index (χ1v) is 10.8. The maximum atomic E-state index is 13.1. The number of pyridine rings is 2. The normalized spacial score (nSPS) is 11.4. The Morgan fingerprint density at radius 3 is 2.58 bits per heavy atom. The predicted octanol–water partition coefficient (Wildman–Crippen LogP) is 5.76. The Kier molecular flexibility index (Phi) is 5.85. The minimum absolute atomic E-state index is 0.149. The summed E-state index contributed by atoms with van der Waals surface area (Å²) in [6.45, 7) is 0. The van der Waals surface area contributed by atoms with Gasteiger partial charge >= 0.3 is 6.18 Å². The number of nitrogens with zero attached hydrogens (tertiary/aromatic N) is 4. The van der Waals surface area contributed by atoms with E-state index in [0.717, 1.165) is 6.07 Å². The molecule has 2 aromatic carbocycles. The number of carbonyl (C=O) groups excluding carboxylic acids is 1. The molecule has 7 nitrogen and oxygen atoms in total. The third kappa shape index (κ3) is 4.36. The standard InChI is InChI=1S/C26H18F3N5O2/c1-36-22-9-5-3-7-19(22)25(35)33-20-8-4-2-6-17(20)16-14-31-34(15-16)24-18-10-11-23(26(27,28)29)32-21(18)12-13-30-24/h2-15H,1H3,(H,33,35). The van der Waals surface area contributed by atoms with Crippen molar-refractivity contribution >= 4 is 22.5 Å². The maximum Gasteiger partial charge on any atom is 0.433 e. The van der Waals surface area contributed by atoms with Gasteiger partial charge in [-0.3, -0.25) is 4.79 Å². The molecule has 3 aromatic heterocycles. The van der Waals surface area contributed by atoms with E-state index in [1.165, 1.54) is 30.1 Å². The molecule has 0 aliphatic carbocycles. The molecule has 1 amide bonds. The molecular weight excluding hydrogens is 471 g/mol. The van der Waals surface area contributed by atoms with Gasteiger partial charge in [0.15, 0.2) is 5.82 Å². The molecule has 5 aromatic rings. The first kappa shape index (κ1) is 23.0. The van der Waals surface area contributed by atoms with Gasteiger partial charge in [0, 0.05) is 34.6 Å². The molecule has 3 heterocycles. The Morgan fingerprint density at radius 2 is 1.78 bits per heavy atom. The summed E-state index contributed by atoms with van der Waals surface area (Å²) < 4.78 is 46.0. The SMILES string of the molecule is COc1ccccc1C(=O)Nc1ccccc1-c1cnn(-c2nccc3nc(C(F)(F)F)ccc23)c1. The van der Waals surface area contributed by atoms with Crippen LogP contribution in [0.5, 0.6) is 5.75 Å². The van der Waals surface area contributed by atoms with Crippen molar-refractivity contribution in [3.8, 4) is 22.7 Å². The summed E-state index contributed by atoms with van der Waals surface area (Å²) in [6, 6.07) is 17.8. The van der Waals surface area contributed by atoms with Crippen molar-refractivity contribution in [2.45, 2.75) is 6.18 Å². The lowest BCUT2D eigenvalue weighted by molar-refractivity contribution is -0.140. The van der Waals surface area contributed by atoms with Gasteiger partial charge in [-0.05, 0) is 36.4 Å². The summed E-state index contributed by atoms with van der Waals surface area (Å²) in [7, 11) is 1.50. The highest BCUT2D eigenvalue weighted by Gasteiger charge is 2.32. The molecule has 0 radical (unpaired) electrons. The number of fused-ring (bicyclic) bond motifs is 1. The van der Waals surface area contributed by atoms with Crippen molar-refractivity contribution in [2.75, 3.05) is 12.4 Å². The summed E-state index contributed by atoms with van der Waals surface area (Å²) in [5, 5.41) is 7.69. The second-order valence-electron chi connectivity index (χ2n) is 7.77. The second-order valence-corrected chi connectivity index (χ2v) is 7.77. The zero-order chi connectivity index (χ0) is 25.3. The molecule has 10 heteroatoms. The number of ether oxygens (including phenoxy) is 1. The average molecular weight is 489 g/mol. The Morgan fingerprint density at radius 1 is 1.00 bits per heavy atom. The van der Waals surface area contributed by atoms with Crippen LogP contribution in [0.4, 0.5) is 18.9 Å². The molecule has 0 saturated heterocycles. The number of benzene rings is 2. The number of anilines is 1. The van der Waals surface area contributed by atoms with Crippen LogP contribution >= 0.6 is 0 Å². The molecule has 0 unspecified atom stereocenters. The molecule has 0 aliphatic heterocycles. The number of hydrogen-bond acceptors (Lipinski definition) is 5. The van der Waals surface area contributed by atoms with Gasteiger partial charge in [-0.25, -0.2) is 14.6 Å². The summed E-state index contributed by atoms with van der Waals surface area (Å²) in [5.74, 6) is 0.440. The van der Waals surface area contributed by atoms with Crippen molar-refractivity contribution in [1.29, 1.82) is 0 Å². The van der Waals surface area contributed by atoms with E-state index in [2.05, 4.69) is 20.4 Å². The van der Waals surface area contributed by atoms with Crippen molar-refractivity contribution in [3.05, 3.63) is 96.6 Å². The van der Waals surface area contributed by atoms with Crippen LogP contribution in [0.2, 0.25) is 0 Å². The molecule has 0 spiro atoms. The molecule has 0 saturated carbocycles. The predicted molar refractivity (Wildman–Crippen MR) is 128 cm³/mol. The molecular formula is C26H18F3N5O2. The minimum atomic E-state index is -4.55. The first-order chi connectivity index (χ1) is 17.3. The van der Waals surface area contributed by atoms with E-state index in [-0.39, 0.29) is 11.4 Å². The van der Waals surface area contributed by atoms with Gasteiger partial charge in [0.25, 0.3) is 5.91 Å². The van der Waals surface area contributed by atoms with Gasteiger partial charge in [-0.1, -0.05) is 30.3 Å². The number of alkyl halides is 3. The van der Waals surface area contributed by atoms with E-state index in [1.807, 2.05) is 12.1 Å². The minimum Gasteiger partial charge on any atom is -0.496 e. The summed E-state index contributed by atoms with van der Waals surface area (Å²) >= 11 is 0. The molecule has 180 valence electrons. The summed E-state index contributed by atoms with van der Waals surface area (Å²) in [6.07, 6.45) is 0.113.